The first-order valence-corrected chi connectivity index (χ1v) is 6.05. The SMILES string of the molecule is Cc1ccccc1C(=O)CC(=O)N1CCCC1. The molecule has 17 heavy (non-hydrogen) atoms. The van der Waals surface area contributed by atoms with Gasteiger partial charge >= 0.3 is 0 Å². The summed E-state index contributed by atoms with van der Waals surface area (Å²) in [6.07, 6.45) is 2.12. The largest absolute Gasteiger partial charge is 0.342 e. The van der Waals surface area contributed by atoms with Crippen LogP contribution in [-0.2, 0) is 4.79 Å². The van der Waals surface area contributed by atoms with Crippen molar-refractivity contribution >= 4 is 11.7 Å². The van der Waals surface area contributed by atoms with Crippen LogP contribution in [0.2, 0.25) is 0 Å². The van der Waals surface area contributed by atoms with Gasteiger partial charge in [-0.2, -0.15) is 0 Å². The number of hydrogen-bond acceptors (Lipinski definition) is 2. The Morgan fingerprint density at radius 1 is 1.18 bits per heavy atom. The summed E-state index contributed by atoms with van der Waals surface area (Å²) in [5.41, 5.74) is 1.60. The predicted octanol–water partition coefficient (Wildman–Crippen LogP) is 2.19. The zero-order chi connectivity index (χ0) is 12.3. The molecule has 0 radical (unpaired) electrons. The molecule has 1 amide bonds. The van der Waals surface area contributed by atoms with Gasteiger partial charge in [-0.05, 0) is 25.3 Å². The van der Waals surface area contributed by atoms with E-state index >= 15 is 0 Å². The van der Waals surface area contributed by atoms with Crippen molar-refractivity contribution in [2.45, 2.75) is 26.2 Å². The molecule has 0 unspecified atom stereocenters. The first-order valence-electron chi connectivity index (χ1n) is 6.05. The lowest BCUT2D eigenvalue weighted by molar-refractivity contribution is -0.129. The van der Waals surface area contributed by atoms with Gasteiger partial charge < -0.3 is 4.90 Å². The van der Waals surface area contributed by atoms with Crippen molar-refractivity contribution in [3.8, 4) is 0 Å². The van der Waals surface area contributed by atoms with E-state index in [4.69, 9.17) is 0 Å². The smallest absolute Gasteiger partial charge is 0.230 e. The van der Waals surface area contributed by atoms with E-state index in [0.717, 1.165) is 31.5 Å². The molecule has 0 saturated carbocycles. The van der Waals surface area contributed by atoms with E-state index in [-0.39, 0.29) is 18.1 Å². The number of rotatable bonds is 3. The van der Waals surface area contributed by atoms with E-state index in [0.29, 0.717) is 5.56 Å². The third-order valence-corrected chi connectivity index (χ3v) is 3.22. The zero-order valence-electron chi connectivity index (χ0n) is 10.1. The molecular weight excluding hydrogens is 214 g/mol. The fourth-order valence-electron chi connectivity index (χ4n) is 2.20. The van der Waals surface area contributed by atoms with Crippen LogP contribution >= 0.6 is 0 Å². The van der Waals surface area contributed by atoms with Crippen LogP contribution in [0.1, 0.15) is 35.2 Å². The molecular formula is C14H17NO2. The highest BCUT2D eigenvalue weighted by molar-refractivity contribution is 6.08. The minimum Gasteiger partial charge on any atom is -0.342 e. The summed E-state index contributed by atoms with van der Waals surface area (Å²) >= 11 is 0. The maximum atomic E-state index is 12.0. The summed E-state index contributed by atoms with van der Waals surface area (Å²) < 4.78 is 0. The monoisotopic (exact) mass is 231 g/mol. The highest BCUT2D eigenvalue weighted by Gasteiger charge is 2.21. The van der Waals surface area contributed by atoms with E-state index in [2.05, 4.69) is 0 Å². The molecule has 0 atom stereocenters. The summed E-state index contributed by atoms with van der Waals surface area (Å²) in [6, 6.07) is 7.41. The van der Waals surface area contributed by atoms with Crippen molar-refractivity contribution in [1.82, 2.24) is 4.90 Å². The van der Waals surface area contributed by atoms with Gasteiger partial charge in [-0.25, -0.2) is 0 Å². The summed E-state index contributed by atoms with van der Waals surface area (Å²) in [5, 5.41) is 0. The lowest BCUT2D eigenvalue weighted by Crippen LogP contribution is -2.29. The Balaban J connectivity index is 2.02. The van der Waals surface area contributed by atoms with Gasteiger partial charge in [-0.3, -0.25) is 9.59 Å². The number of amides is 1. The van der Waals surface area contributed by atoms with Crippen LogP contribution in [0.5, 0.6) is 0 Å². The van der Waals surface area contributed by atoms with Crippen molar-refractivity contribution in [2.24, 2.45) is 0 Å². The lowest BCUT2D eigenvalue weighted by atomic mass is 10.0. The Morgan fingerprint density at radius 2 is 1.82 bits per heavy atom. The van der Waals surface area contributed by atoms with E-state index in [1.54, 1.807) is 11.0 Å². The van der Waals surface area contributed by atoms with Crippen molar-refractivity contribution in [3.63, 3.8) is 0 Å². The predicted molar refractivity (Wildman–Crippen MR) is 65.9 cm³/mol. The number of benzene rings is 1. The molecule has 1 aliphatic rings. The van der Waals surface area contributed by atoms with E-state index in [1.165, 1.54) is 0 Å². The molecule has 0 bridgehead atoms. The highest BCUT2D eigenvalue weighted by atomic mass is 16.2. The molecule has 1 aromatic carbocycles. The van der Waals surface area contributed by atoms with E-state index in [1.807, 2.05) is 25.1 Å². The summed E-state index contributed by atoms with van der Waals surface area (Å²) in [5.74, 6) is -0.101. The number of ketones is 1. The van der Waals surface area contributed by atoms with Crippen LogP contribution in [0, 0.1) is 6.92 Å². The van der Waals surface area contributed by atoms with Gasteiger partial charge in [-0.1, -0.05) is 24.3 Å². The van der Waals surface area contributed by atoms with Gasteiger partial charge in [0.15, 0.2) is 5.78 Å². The number of carbonyl (C=O) groups excluding carboxylic acids is 2. The van der Waals surface area contributed by atoms with Crippen molar-refractivity contribution in [3.05, 3.63) is 35.4 Å². The molecule has 1 aromatic rings. The Hall–Kier alpha value is -1.64. The topological polar surface area (TPSA) is 37.4 Å². The zero-order valence-corrected chi connectivity index (χ0v) is 10.1. The number of aryl methyl sites for hydroxylation is 1. The van der Waals surface area contributed by atoms with E-state index < -0.39 is 0 Å². The highest BCUT2D eigenvalue weighted by Crippen LogP contribution is 2.13. The molecule has 1 fully saturated rings. The average Bonchev–Trinajstić information content (AvgIpc) is 2.82. The van der Waals surface area contributed by atoms with Crippen LogP contribution < -0.4 is 0 Å². The van der Waals surface area contributed by atoms with Gasteiger partial charge in [0.2, 0.25) is 5.91 Å². The number of nitrogens with zero attached hydrogens (tertiary/aromatic N) is 1. The third-order valence-electron chi connectivity index (χ3n) is 3.22. The van der Waals surface area contributed by atoms with Crippen molar-refractivity contribution in [2.75, 3.05) is 13.1 Å². The van der Waals surface area contributed by atoms with Crippen molar-refractivity contribution < 1.29 is 9.59 Å². The summed E-state index contributed by atoms with van der Waals surface area (Å²) in [4.78, 5) is 25.6. The maximum Gasteiger partial charge on any atom is 0.230 e. The second-order valence-electron chi connectivity index (χ2n) is 4.50. The van der Waals surface area contributed by atoms with Crippen LogP contribution in [0.25, 0.3) is 0 Å². The Labute approximate surface area is 101 Å². The molecule has 0 aromatic heterocycles. The van der Waals surface area contributed by atoms with Crippen LogP contribution in [0.4, 0.5) is 0 Å². The average molecular weight is 231 g/mol. The van der Waals surface area contributed by atoms with Crippen molar-refractivity contribution in [1.29, 1.82) is 0 Å². The number of likely N-dealkylation sites (tertiary alicyclic amines) is 1. The second kappa shape index (κ2) is 5.13. The van der Waals surface area contributed by atoms with Gasteiger partial charge in [0.1, 0.15) is 0 Å². The fraction of sp³-hybridized carbons (Fsp3) is 0.429. The molecule has 0 spiro atoms. The fourth-order valence-corrected chi connectivity index (χ4v) is 2.20. The molecule has 0 aliphatic carbocycles. The summed E-state index contributed by atoms with van der Waals surface area (Å²) in [6.45, 7) is 3.51. The van der Waals surface area contributed by atoms with Crippen LogP contribution in [0.15, 0.2) is 24.3 Å². The van der Waals surface area contributed by atoms with Gasteiger partial charge in [0.25, 0.3) is 0 Å². The quantitative estimate of drug-likeness (QED) is 0.590. The lowest BCUT2D eigenvalue weighted by Gasteiger charge is -2.14. The molecule has 1 heterocycles. The number of carbonyl (C=O) groups is 2. The number of hydrogen-bond donors (Lipinski definition) is 0. The first kappa shape index (κ1) is 11.8. The molecule has 3 nitrogen and oxygen atoms in total. The van der Waals surface area contributed by atoms with Gasteiger partial charge in [0, 0.05) is 18.7 Å². The van der Waals surface area contributed by atoms with Crippen LogP contribution in [-0.4, -0.2) is 29.7 Å². The Kier molecular flexibility index (Phi) is 3.57. The minimum atomic E-state index is -0.0694. The standard InChI is InChI=1S/C14H17NO2/c1-11-6-2-3-7-12(11)13(16)10-14(17)15-8-4-5-9-15/h2-3,6-7H,4-5,8-10H2,1H3. The van der Waals surface area contributed by atoms with Crippen LogP contribution in [0.3, 0.4) is 0 Å². The maximum absolute atomic E-state index is 12.0. The first-order chi connectivity index (χ1) is 8.18. The Morgan fingerprint density at radius 3 is 2.47 bits per heavy atom. The van der Waals surface area contributed by atoms with Gasteiger partial charge in [0.05, 0.1) is 6.42 Å². The van der Waals surface area contributed by atoms with E-state index in [9.17, 15) is 9.59 Å². The second-order valence-corrected chi connectivity index (χ2v) is 4.50. The molecule has 0 N–H and O–H groups in total. The summed E-state index contributed by atoms with van der Waals surface area (Å²) in [7, 11) is 0. The Bertz CT molecular complexity index is 434. The molecule has 2 rings (SSSR count). The minimum absolute atomic E-state index is 0.00481. The molecule has 3 heteroatoms. The molecule has 90 valence electrons. The number of Topliss-reactive ketones (excluding diaryl/α,β-unsaturated/α-hetero) is 1. The normalized spacial score (nSPS) is 15.0. The third kappa shape index (κ3) is 2.73. The molecule has 1 saturated heterocycles. The van der Waals surface area contributed by atoms with Gasteiger partial charge in [-0.15, -0.1) is 0 Å². The molecule has 1 aliphatic heterocycles.